The summed E-state index contributed by atoms with van der Waals surface area (Å²) in [4.78, 5) is 13.0. The number of carbonyl (C=O) groups is 1. The molecule has 0 aliphatic rings. The molecule has 0 radical (unpaired) electrons. The Morgan fingerprint density at radius 1 is 1.43 bits per heavy atom. The fourth-order valence-electron chi connectivity index (χ4n) is 1.72. The highest BCUT2D eigenvalue weighted by molar-refractivity contribution is 7.09. The highest BCUT2D eigenvalue weighted by atomic mass is 32.1. The largest absolute Gasteiger partial charge is 0.497 e. The van der Waals surface area contributed by atoms with Gasteiger partial charge in [-0.3, -0.25) is 4.79 Å². The van der Waals surface area contributed by atoms with Crippen LogP contribution in [0.2, 0.25) is 0 Å². The molecule has 1 aromatic heterocycles. The molecular weight excluding hydrogens is 284 g/mol. The maximum absolute atomic E-state index is 12.0. The van der Waals surface area contributed by atoms with Crippen LogP contribution in [0.4, 0.5) is 0 Å². The predicted molar refractivity (Wildman–Crippen MR) is 82.7 cm³/mol. The van der Waals surface area contributed by atoms with E-state index in [0.717, 1.165) is 10.4 Å². The van der Waals surface area contributed by atoms with Crippen LogP contribution in [-0.4, -0.2) is 13.0 Å². The van der Waals surface area contributed by atoms with Crippen molar-refractivity contribution in [2.24, 2.45) is 0 Å². The van der Waals surface area contributed by atoms with Crippen molar-refractivity contribution < 1.29 is 9.53 Å². The number of hydrogen-bond donors (Lipinski definition) is 1. The van der Waals surface area contributed by atoms with Crippen molar-refractivity contribution in [2.45, 2.75) is 6.54 Å². The van der Waals surface area contributed by atoms with Crippen LogP contribution in [0.25, 0.3) is 6.08 Å². The number of nitrogens with zero attached hydrogens (tertiary/aromatic N) is 1. The molecule has 0 fully saturated rings. The summed E-state index contributed by atoms with van der Waals surface area (Å²) in [5.41, 5.74) is 0.817. The molecule has 1 aromatic carbocycles. The van der Waals surface area contributed by atoms with Gasteiger partial charge in [0.15, 0.2) is 0 Å². The first-order valence-corrected chi connectivity index (χ1v) is 7.17. The van der Waals surface area contributed by atoms with E-state index in [0.29, 0.717) is 12.3 Å². The highest BCUT2D eigenvalue weighted by Gasteiger charge is 2.09. The Bertz CT molecular complexity index is 685. The summed E-state index contributed by atoms with van der Waals surface area (Å²) in [5, 5.41) is 13.8. The van der Waals surface area contributed by atoms with Crippen molar-refractivity contribution in [2.75, 3.05) is 7.11 Å². The Morgan fingerprint density at radius 3 is 2.95 bits per heavy atom. The number of nitriles is 1. The average molecular weight is 298 g/mol. The van der Waals surface area contributed by atoms with Gasteiger partial charge in [-0.2, -0.15) is 5.26 Å². The number of hydrogen-bond acceptors (Lipinski definition) is 4. The van der Waals surface area contributed by atoms with Crippen molar-refractivity contribution in [3.8, 4) is 11.8 Å². The van der Waals surface area contributed by atoms with Gasteiger partial charge in [0.2, 0.25) is 0 Å². The number of methoxy groups -OCH3 is 1. The zero-order chi connectivity index (χ0) is 15.1. The van der Waals surface area contributed by atoms with Crippen molar-refractivity contribution in [3.05, 3.63) is 57.8 Å². The van der Waals surface area contributed by atoms with E-state index in [-0.39, 0.29) is 11.5 Å². The fraction of sp³-hybridized carbons (Fsp3) is 0.125. The van der Waals surface area contributed by atoms with Crippen molar-refractivity contribution in [3.63, 3.8) is 0 Å². The van der Waals surface area contributed by atoms with Crippen LogP contribution < -0.4 is 10.1 Å². The number of thiophene rings is 1. The van der Waals surface area contributed by atoms with Crippen LogP contribution in [-0.2, 0) is 11.3 Å². The first-order valence-electron chi connectivity index (χ1n) is 6.29. The molecule has 21 heavy (non-hydrogen) atoms. The summed E-state index contributed by atoms with van der Waals surface area (Å²) in [7, 11) is 1.57. The number of amides is 1. The summed E-state index contributed by atoms with van der Waals surface area (Å²) < 4.78 is 5.12. The number of nitrogens with one attached hydrogen (secondary N) is 1. The standard InChI is InChI=1S/C16H14N2O2S/c1-20-14-5-2-4-12(9-14)8-13(10-17)16(19)18-11-15-6-3-7-21-15/h2-9H,11H2,1H3,(H,18,19)/b13-8+. The number of ether oxygens (including phenoxy) is 1. The molecule has 2 aromatic rings. The molecule has 1 N–H and O–H groups in total. The quantitative estimate of drug-likeness (QED) is 0.682. The van der Waals surface area contributed by atoms with Crippen molar-refractivity contribution in [1.82, 2.24) is 5.32 Å². The number of carbonyl (C=O) groups excluding carboxylic acids is 1. The second kappa shape index (κ2) is 7.27. The lowest BCUT2D eigenvalue weighted by Crippen LogP contribution is -2.23. The Labute approximate surface area is 127 Å². The Morgan fingerprint density at radius 2 is 2.29 bits per heavy atom. The summed E-state index contributed by atoms with van der Waals surface area (Å²) in [5.74, 6) is 0.300. The average Bonchev–Trinajstić information content (AvgIpc) is 3.04. The minimum atomic E-state index is -0.381. The van der Waals surface area contributed by atoms with E-state index in [2.05, 4.69) is 5.32 Å². The Balaban J connectivity index is 2.08. The summed E-state index contributed by atoms with van der Waals surface area (Å²) in [6.07, 6.45) is 1.55. The van der Waals surface area contributed by atoms with Crippen LogP contribution in [0.15, 0.2) is 47.4 Å². The maximum atomic E-state index is 12.0. The second-order valence-corrected chi connectivity index (χ2v) is 5.24. The minimum Gasteiger partial charge on any atom is -0.497 e. The third-order valence-corrected chi connectivity index (χ3v) is 3.65. The molecule has 0 spiro atoms. The summed E-state index contributed by atoms with van der Waals surface area (Å²) >= 11 is 1.56. The lowest BCUT2D eigenvalue weighted by Gasteiger charge is -2.03. The van der Waals surface area contributed by atoms with Crippen LogP contribution in [0.1, 0.15) is 10.4 Å². The van der Waals surface area contributed by atoms with Gasteiger partial charge in [-0.25, -0.2) is 0 Å². The SMILES string of the molecule is COc1cccc(/C=C(\C#N)C(=O)NCc2cccs2)c1. The summed E-state index contributed by atoms with van der Waals surface area (Å²) in [6, 6.07) is 13.0. The topological polar surface area (TPSA) is 62.1 Å². The molecule has 0 aliphatic carbocycles. The van der Waals surface area contributed by atoms with E-state index in [4.69, 9.17) is 10.00 Å². The van der Waals surface area contributed by atoms with Gasteiger partial charge in [0.05, 0.1) is 13.7 Å². The second-order valence-electron chi connectivity index (χ2n) is 4.21. The Kier molecular flexibility index (Phi) is 5.13. The third-order valence-electron chi connectivity index (χ3n) is 2.77. The molecule has 106 valence electrons. The van der Waals surface area contributed by atoms with Crippen LogP contribution in [0, 0.1) is 11.3 Å². The van der Waals surface area contributed by atoms with E-state index in [1.54, 1.807) is 36.7 Å². The monoisotopic (exact) mass is 298 g/mol. The zero-order valence-corrected chi connectivity index (χ0v) is 12.3. The van der Waals surface area contributed by atoms with Crippen molar-refractivity contribution in [1.29, 1.82) is 5.26 Å². The van der Waals surface area contributed by atoms with Crippen molar-refractivity contribution >= 4 is 23.3 Å². The van der Waals surface area contributed by atoms with E-state index >= 15 is 0 Å². The van der Waals surface area contributed by atoms with Crippen LogP contribution in [0.5, 0.6) is 5.75 Å². The molecule has 0 bridgehead atoms. The maximum Gasteiger partial charge on any atom is 0.262 e. The Hall–Kier alpha value is -2.58. The van der Waals surface area contributed by atoms with Gasteiger partial charge in [0.25, 0.3) is 5.91 Å². The van der Waals surface area contributed by atoms with E-state index in [1.807, 2.05) is 35.7 Å². The fourth-order valence-corrected chi connectivity index (χ4v) is 2.37. The molecule has 0 unspecified atom stereocenters. The molecule has 0 saturated carbocycles. The van der Waals surface area contributed by atoms with E-state index in [9.17, 15) is 4.79 Å². The number of rotatable bonds is 5. The molecular formula is C16H14N2O2S. The lowest BCUT2D eigenvalue weighted by molar-refractivity contribution is -0.117. The van der Waals surface area contributed by atoms with E-state index < -0.39 is 0 Å². The third kappa shape index (κ3) is 4.20. The predicted octanol–water partition coefficient (Wildman–Crippen LogP) is 2.98. The molecule has 2 rings (SSSR count). The molecule has 0 saturated heterocycles. The van der Waals surface area contributed by atoms with Gasteiger partial charge in [-0.1, -0.05) is 18.2 Å². The van der Waals surface area contributed by atoms with Crippen LogP contribution >= 0.6 is 11.3 Å². The number of benzene rings is 1. The van der Waals surface area contributed by atoms with Gasteiger partial charge < -0.3 is 10.1 Å². The molecule has 5 heteroatoms. The molecule has 1 amide bonds. The van der Waals surface area contributed by atoms with Gasteiger partial charge in [0.1, 0.15) is 17.4 Å². The van der Waals surface area contributed by atoms with Gasteiger partial charge in [-0.05, 0) is 35.2 Å². The molecule has 0 atom stereocenters. The van der Waals surface area contributed by atoms with Gasteiger partial charge in [0, 0.05) is 4.88 Å². The zero-order valence-electron chi connectivity index (χ0n) is 11.5. The van der Waals surface area contributed by atoms with Gasteiger partial charge in [-0.15, -0.1) is 11.3 Å². The normalized spacial score (nSPS) is 10.8. The molecule has 4 nitrogen and oxygen atoms in total. The first-order chi connectivity index (χ1) is 10.2. The first kappa shape index (κ1) is 14.8. The van der Waals surface area contributed by atoms with Gasteiger partial charge >= 0.3 is 0 Å². The summed E-state index contributed by atoms with van der Waals surface area (Å²) in [6.45, 7) is 0.424. The lowest BCUT2D eigenvalue weighted by atomic mass is 10.1. The molecule has 0 aliphatic heterocycles. The smallest absolute Gasteiger partial charge is 0.262 e. The minimum absolute atomic E-state index is 0.0693. The van der Waals surface area contributed by atoms with E-state index in [1.165, 1.54) is 0 Å². The molecule has 1 heterocycles. The van der Waals surface area contributed by atoms with Crippen LogP contribution in [0.3, 0.4) is 0 Å². The highest BCUT2D eigenvalue weighted by Crippen LogP contribution is 2.15.